The van der Waals surface area contributed by atoms with Crippen LogP contribution in [0.1, 0.15) is 49.0 Å². The molecule has 2 unspecified atom stereocenters. The van der Waals surface area contributed by atoms with Gasteiger partial charge in [-0.3, -0.25) is 9.59 Å². The Morgan fingerprint density at radius 3 is 3.10 bits per heavy atom. The zero-order chi connectivity index (χ0) is 14.1. The van der Waals surface area contributed by atoms with E-state index in [-0.39, 0.29) is 17.7 Å². The minimum absolute atomic E-state index is 0.0377. The molecule has 3 rings (SSSR count). The standard InChI is InChI=1S/C16H21NO2S/c1-2-11-10-17(8-6-14(11)18)16(19)13-4-3-5-15-12(13)7-9-20-15/h7,9,11,13H,2-6,8,10H2,1H3. The minimum Gasteiger partial charge on any atom is -0.341 e. The lowest BCUT2D eigenvalue weighted by atomic mass is 9.85. The predicted molar refractivity (Wildman–Crippen MR) is 80.0 cm³/mol. The summed E-state index contributed by atoms with van der Waals surface area (Å²) in [6.07, 6.45) is 4.56. The van der Waals surface area contributed by atoms with Crippen molar-refractivity contribution in [1.29, 1.82) is 0 Å². The molecule has 108 valence electrons. The summed E-state index contributed by atoms with van der Waals surface area (Å²) in [5.74, 6) is 0.667. The van der Waals surface area contributed by atoms with E-state index in [1.807, 2.05) is 11.8 Å². The molecule has 2 aliphatic rings. The second-order valence-electron chi connectivity index (χ2n) is 5.85. The number of piperidine rings is 1. The van der Waals surface area contributed by atoms with Gasteiger partial charge in [0.2, 0.25) is 5.91 Å². The van der Waals surface area contributed by atoms with E-state index in [1.54, 1.807) is 11.3 Å². The number of aryl methyl sites for hydroxylation is 1. The van der Waals surface area contributed by atoms with Crippen molar-refractivity contribution in [3.05, 3.63) is 21.9 Å². The molecule has 3 nitrogen and oxygen atoms in total. The molecule has 0 aromatic carbocycles. The summed E-state index contributed by atoms with van der Waals surface area (Å²) in [5.41, 5.74) is 1.25. The topological polar surface area (TPSA) is 37.4 Å². The van der Waals surface area contributed by atoms with Crippen LogP contribution in [0.3, 0.4) is 0 Å². The predicted octanol–water partition coefficient (Wildman–Crippen LogP) is 3.00. The molecule has 0 saturated carbocycles. The number of rotatable bonds is 2. The largest absolute Gasteiger partial charge is 0.341 e. The van der Waals surface area contributed by atoms with Crippen LogP contribution in [-0.4, -0.2) is 29.7 Å². The molecule has 1 aromatic rings. The average molecular weight is 291 g/mol. The Bertz CT molecular complexity index is 522. The number of hydrogen-bond acceptors (Lipinski definition) is 3. The smallest absolute Gasteiger partial charge is 0.230 e. The zero-order valence-corrected chi connectivity index (χ0v) is 12.7. The molecule has 0 N–H and O–H groups in total. The monoisotopic (exact) mass is 291 g/mol. The Labute approximate surface area is 124 Å². The van der Waals surface area contributed by atoms with Gasteiger partial charge >= 0.3 is 0 Å². The van der Waals surface area contributed by atoms with Gasteiger partial charge in [0, 0.05) is 30.3 Å². The molecule has 0 radical (unpaired) electrons. The van der Waals surface area contributed by atoms with Crippen molar-refractivity contribution < 1.29 is 9.59 Å². The molecular weight excluding hydrogens is 270 g/mol. The first kappa shape index (κ1) is 13.8. The summed E-state index contributed by atoms with van der Waals surface area (Å²) in [5, 5.41) is 2.10. The highest BCUT2D eigenvalue weighted by molar-refractivity contribution is 7.10. The van der Waals surface area contributed by atoms with Crippen molar-refractivity contribution in [1.82, 2.24) is 4.90 Å². The van der Waals surface area contributed by atoms with E-state index in [0.717, 1.165) is 25.7 Å². The van der Waals surface area contributed by atoms with E-state index < -0.39 is 0 Å². The molecule has 1 saturated heterocycles. The van der Waals surface area contributed by atoms with Crippen molar-refractivity contribution in [2.24, 2.45) is 5.92 Å². The quantitative estimate of drug-likeness (QED) is 0.840. The molecular formula is C16H21NO2S. The van der Waals surface area contributed by atoms with E-state index in [1.165, 1.54) is 10.4 Å². The minimum atomic E-state index is 0.0377. The van der Waals surface area contributed by atoms with Crippen LogP contribution in [0.25, 0.3) is 0 Å². The lowest BCUT2D eigenvalue weighted by molar-refractivity contribution is -0.138. The molecule has 1 fully saturated rings. The number of carbonyl (C=O) groups is 2. The fourth-order valence-electron chi connectivity index (χ4n) is 3.43. The van der Waals surface area contributed by atoms with Gasteiger partial charge in [0.15, 0.2) is 0 Å². The van der Waals surface area contributed by atoms with Crippen molar-refractivity contribution in [3.8, 4) is 0 Å². The molecule has 0 bridgehead atoms. The van der Waals surface area contributed by atoms with Crippen molar-refractivity contribution in [3.63, 3.8) is 0 Å². The van der Waals surface area contributed by atoms with Gasteiger partial charge in [-0.1, -0.05) is 6.92 Å². The number of thiophene rings is 1. The lowest BCUT2D eigenvalue weighted by Gasteiger charge is -2.35. The van der Waals surface area contributed by atoms with Crippen molar-refractivity contribution >= 4 is 23.0 Å². The number of hydrogen-bond donors (Lipinski definition) is 0. The van der Waals surface area contributed by atoms with Gasteiger partial charge in [-0.2, -0.15) is 0 Å². The molecule has 1 aromatic heterocycles. The number of likely N-dealkylation sites (tertiary alicyclic amines) is 1. The SMILES string of the molecule is CCC1CN(C(=O)C2CCCc3sccc32)CCC1=O. The van der Waals surface area contributed by atoms with Crippen LogP contribution in [0.2, 0.25) is 0 Å². The van der Waals surface area contributed by atoms with Gasteiger partial charge in [-0.25, -0.2) is 0 Å². The number of Topliss-reactive ketones (excluding diaryl/α,β-unsaturated/α-hetero) is 1. The fraction of sp³-hybridized carbons (Fsp3) is 0.625. The molecule has 0 spiro atoms. The second kappa shape index (κ2) is 5.68. The summed E-state index contributed by atoms with van der Waals surface area (Å²) in [6.45, 7) is 3.28. The highest BCUT2D eigenvalue weighted by atomic mass is 32.1. The van der Waals surface area contributed by atoms with E-state index >= 15 is 0 Å². The van der Waals surface area contributed by atoms with Crippen LogP contribution in [-0.2, 0) is 16.0 Å². The average Bonchev–Trinajstić information content (AvgIpc) is 2.95. The van der Waals surface area contributed by atoms with E-state index in [9.17, 15) is 9.59 Å². The summed E-state index contributed by atoms with van der Waals surface area (Å²) < 4.78 is 0. The lowest BCUT2D eigenvalue weighted by Crippen LogP contribution is -2.46. The third kappa shape index (κ3) is 2.41. The molecule has 2 atom stereocenters. The van der Waals surface area contributed by atoms with Crippen molar-refractivity contribution in [2.75, 3.05) is 13.1 Å². The Morgan fingerprint density at radius 1 is 1.45 bits per heavy atom. The molecule has 4 heteroatoms. The van der Waals surface area contributed by atoms with E-state index in [4.69, 9.17) is 0 Å². The Kier molecular flexibility index (Phi) is 3.92. The summed E-state index contributed by atoms with van der Waals surface area (Å²) in [4.78, 5) is 27.9. The molecule has 1 aliphatic carbocycles. The van der Waals surface area contributed by atoms with E-state index in [0.29, 0.717) is 25.3 Å². The van der Waals surface area contributed by atoms with Gasteiger partial charge in [-0.05, 0) is 42.7 Å². The number of ketones is 1. The second-order valence-corrected chi connectivity index (χ2v) is 6.85. The summed E-state index contributed by atoms with van der Waals surface area (Å²) >= 11 is 1.77. The van der Waals surface area contributed by atoms with Crippen LogP contribution in [0.5, 0.6) is 0 Å². The fourth-order valence-corrected chi connectivity index (χ4v) is 4.42. The highest BCUT2D eigenvalue weighted by Crippen LogP contribution is 2.36. The molecule has 20 heavy (non-hydrogen) atoms. The summed E-state index contributed by atoms with van der Waals surface area (Å²) in [7, 11) is 0. The van der Waals surface area contributed by atoms with Crippen LogP contribution >= 0.6 is 11.3 Å². The van der Waals surface area contributed by atoms with Crippen LogP contribution < -0.4 is 0 Å². The number of fused-ring (bicyclic) bond motifs is 1. The molecule has 1 amide bonds. The Balaban J connectivity index is 1.76. The van der Waals surface area contributed by atoms with Crippen molar-refractivity contribution in [2.45, 2.75) is 44.9 Å². The Morgan fingerprint density at radius 2 is 2.30 bits per heavy atom. The summed E-state index contributed by atoms with van der Waals surface area (Å²) in [6, 6.07) is 2.12. The maximum absolute atomic E-state index is 12.8. The molecule has 2 heterocycles. The number of nitrogens with zero attached hydrogens (tertiary/aromatic N) is 1. The normalized spacial score (nSPS) is 26.4. The van der Waals surface area contributed by atoms with Gasteiger partial charge < -0.3 is 4.90 Å². The number of carbonyl (C=O) groups excluding carboxylic acids is 2. The first-order valence-electron chi connectivity index (χ1n) is 7.58. The van der Waals surface area contributed by atoms with Crippen LogP contribution in [0.15, 0.2) is 11.4 Å². The molecule has 1 aliphatic heterocycles. The third-order valence-electron chi connectivity index (χ3n) is 4.68. The maximum atomic E-state index is 12.8. The first-order chi connectivity index (χ1) is 9.70. The van der Waals surface area contributed by atoms with Gasteiger partial charge in [0.1, 0.15) is 5.78 Å². The highest BCUT2D eigenvalue weighted by Gasteiger charge is 2.34. The zero-order valence-electron chi connectivity index (χ0n) is 11.9. The van der Waals surface area contributed by atoms with E-state index in [2.05, 4.69) is 11.4 Å². The van der Waals surface area contributed by atoms with Crippen LogP contribution in [0, 0.1) is 5.92 Å². The third-order valence-corrected chi connectivity index (χ3v) is 5.68. The van der Waals surface area contributed by atoms with Gasteiger partial charge in [0.05, 0.1) is 5.92 Å². The maximum Gasteiger partial charge on any atom is 0.230 e. The Hall–Kier alpha value is -1.16. The van der Waals surface area contributed by atoms with Gasteiger partial charge in [0.25, 0.3) is 0 Å². The first-order valence-corrected chi connectivity index (χ1v) is 8.46. The number of amides is 1. The van der Waals surface area contributed by atoms with Gasteiger partial charge in [-0.15, -0.1) is 11.3 Å². The van der Waals surface area contributed by atoms with Crippen LogP contribution in [0.4, 0.5) is 0 Å².